The molecule has 0 aliphatic carbocycles. The zero-order valence-electron chi connectivity index (χ0n) is 15.5. The molecule has 3 rings (SSSR count). The van der Waals surface area contributed by atoms with Gasteiger partial charge in [0.1, 0.15) is 12.4 Å². The van der Waals surface area contributed by atoms with Crippen molar-refractivity contribution in [2.45, 2.75) is 59.0 Å². The molecule has 0 spiro atoms. The van der Waals surface area contributed by atoms with E-state index in [1.807, 2.05) is 6.20 Å². The smallest absolute Gasteiger partial charge is 0.191 e. The Hall–Kier alpha value is -1.23. The number of nitrogens with zero attached hydrogens (tertiary/aromatic N) is 5. The first-order chi connectivity index (χ1) is 12.3. The van der Waals surface area contributed by atoms with Crippen LogP contribution in [0.4, 0.5) is 0 Å². The highest BCUT2D eigenvalue weighted by Crippen LogP contribution is 2.15. The van der Waals surface area contributed by atoms with Crippen LogP contribution in [-0.2, 0) is 25.9 Å². The molecule has 0 atom stereocenters. The van der Waals surface area contributed by atoms with E-state index in [-0.39, 0.29) is 24.0 Å². The molecule has 0 aromatic carbocycles. The lowest BCUT2D eigenvalue weighted by Gasteiger charge is -2.11. The fraction of sp³-hybridized carbons (Fsp3) is 0.647. The third-order valence-electron chi connectivity index (χ3n) is 4.21. The van der Waals surface area contributed by atoms with Crippen LogP contribution in [-0.4, -0.2) is 38.8 Å². The first-order valence-corrected chi connectivity index (χ1v) is 9.92. The quantitative estimate of drug-likeness (QED) is 0.371. The Balaban J connectivity index is 0.00000243. The number of rotatable bonds is 6. The Morgan fingerprint density at radius 2 is 2.15 bits per heavy atom. The first kappa shape index (κ1) is 21.1. The van der Waals surface area contributed by atoms with Crippen LogP contribution in [0.5, 0.6) is 0 Å². The average molecular weight is 489 g/mol. The summed E-state index contributed by atoms with van der Waals surface area (Å²) < 4.78 is 2.25. The summed E-state index contributed by atoms with van der Waals surface area (Å²) in [5.41, 5.74) is 0. The van der Waals surface area contributed by atoms with Crippen molar-refractivity contribution in [2.24, 2.45) is 4.99 Å². The summed E-state index contributed by atoms with van der Waals surface area (Å²) in [6.07, 6.45) is 7.55. The third-order valence-corrected chi connectivity index (χ3v) is 5.18. The van der Waals surface area contributed by atoms with Crippen molar-refractivity contribution < 1.29 is 0 Å². The van der Waals surface area contributed by atoms with Crippen LogP contribution in [0.2, 0.25) is 0 Å². The number of aryl methyl sites for hydroxylation is 2. The highest BCUT2D eigenvalue weighted by Gasteiger charge is 2.14. The van der Waals surface area contributed by atoms with Gasteiger partial charge in [-0.25, -0.2) is 9.98 Å². The van der Waals surface area contributed by atoms with Gasteiger partial charge in [0.15, 0.2) is 11.8 Å². The molecule has 3 heterocycles. The van der Waals surface area contributed by atoms with E-state index in [9.17, 15) is 0 Å². The fourth-order valence-electron chi connectivity index (χ4n) is 2.96. The largest absolute Gasteiger partial charge is 0.357 e. The van der Waals surface area contributed by atoms with Crippen molar-refractivity contribution in [1.82, 2.24) is 30.4 Å². The van der Waals surface area contributed by atoms with Gasteiger partial charge in [-0.1, -0.05) is 6.42 Å². The number of guanidine groups is 1. The van der Waals surface area contributed by atoms with Crippen LogP contribution in [0.15, 0.2) is 11.2 Å². The minimum absolute atomic E-state index is 0. The zero-order valence-corrected chi connectivity index (χ0v) is 18.6. The summed E-state index contributed by atoms with van der Waals surface area (Å²) in [5.74, 6) is 2.89. The predicted molar refractivity (Wildman–Crippen MR) is 116 cm³/mol. The molecule has 0 saturated heterocycles. The lowest BCUT2D eigenvalue weighted by atomic mass is 10.2. The number of fused-ring (bicyclic) bond motifs is 1. The number of aromatic nitrogens is 4. The summed E-state index contributed by atoms with van der Waals surface area (Å²) in [7, 11) is 0. The second kappa shape index (κ2) is 10.8. The highest BCUT2D eigenvalue weighted by atomic mass is 127. The van der Waals surface area contributed by atoms with Crippen LogP contribution >= 0.6 is 35.3 Å². The third kappa shape index (κ3) is 5.90. The minimum Gasteiger partial charge on any atom is -0.357 e. The molecule has 144 valence electrons. The molecule has 0 amide bonds. The molecule has 0 fully saturated rings. The van der Waals surface area contributed by atoms with E-state index >= 15 is 0 Å². The van der Waals surface area contributed by atoms with Gasteiger partial charge in [-0.15, -0.1) is 45.5 Å². The van der Waals surface area contributed by atoms with Crippen molar-refractivity contribution >= 4 is 41.3 Å². The van der Waals surface area contributed by atoms with E-state index in [1.165, 1.54) is 24.1 Å². The molecule has 9 heteroatoms. The molecule has 1 aliphatic heterocycles. The van der Waals surface area contributed by atoms with Crippen LogP contribution in [0.1, 0.15) is 47.7 Å². The van der Waals surface area contributed by atoms with Crippen molar-refractivity contribution in [3.63, 3.8) is 0 Å². The van der Waals surface area contributed by atoms with Gasteiger partial charge in [-0.05, 0) is 26.7 Å². The molecular weight excluding hydrogens is 461 g/mol. The van der Waals surface area contributed by atoms with E-state index in [1.54, 1.807) is 11.3 Å². The summed E-state index contributed by atoms with van der Waals surface area (Å²) in [5, 5.41) is 16.5. The van der Waals surface area contributed by atoms with E-state index < -0.39 is 0 Å². The van der Waals surface area contributed by atoms with Crippen LogP contribution in [0.25, 0.3) is 0 Å². The monoisotopic (exact) mass is 489 g/mol. The zero-order chi connectivity index (χ0) is 17.5. The molecule has 2 aromatic rings. The topological polar surface area (TPSA) is 80.0 Å². The van der Waals surface area contributed by atoms with Crippen LogP contribution in [0.3, 0.4) is 0 Å². The van der Waals surface area contributed by atoms with Crippen molar-refractivity contribution in [3.8, 4) is 0 Å². The maximum Gasteiger partial charge on any atom is 0.191 e. The van der Waals surface area contributed by atoms with E-state index in [0.29, 0.717) is 6.54 Å². The molecule has 0 bridgehead atoms. The van der Waals surface area contributed by atoms with E-state index in [2.05, 4.69) is 49.2 Å². The SMILES string of the molecule is CCNC(=NCc1nnc2n1CCCCC2)NCCc1ncc(C)s1.I. The average Bonchev–Trinajstić information content (AvgIpc) is 3.11. The van der Waals surface area contributed by atoms with Crippen molar-refractivity contribution in [1.29, 1.82) is 0 Å². The van der Waals surface area contributed by atoms with Crippen LogP contribution < -0.4 is 10.6 Å². The molecule has 26 heavy (non-hydrogen) atoms. The molecule has 1 aliphatic rings. The number of thiazole rings is 1. The molecule has 2 aromatic heterocycles. The van der Waals surface area contributed by atoms with Gasteiger partial charge < -0.3 is 15.2 Å². The molecular formula is C17H28IN7S. The molecule has 0 unspecified atom stereocenters. The maximum absolute atomic E-state index is 4.69. The van der Waals surface area contributed by atoms with Crippen LogP contribution in [0, 0.1) is 6.92 Å². The van der Waals surface area contributed by atoms with Crippen molar-refractivity contribution in [3.05, 3.63) is 27.7 Å². The molecule has 0 radical (unpaired) electrons. The Morgan fingerprint density at radius 1 is 1.27 bits per heavy atom. The normalized spacial score (nSPS) is 14.3. The predicted octanol–water partition coefficient (Wildman–Crippen LogP) is 2.69. The van der Waals surface area contributed by atoms with Gasteiger partial charge in [0, 0.05) is 43.5 Å². The minimum atomic E-state index is 0. The molecule has 2 N–H and O–H groups in total. The summed E-state index contributed by atoms with van der Waals surface area (Å²) in [6, 6.07) is 0. The van der Waals surface area contributed by atoms with Gasteiger partial charge in [0.2, 0.25) is 0 Å². The second-order valence-corrected chi connectivity index (χ2v) is 7.55. The summed E-state index contributed by atoms with van der Waals surface area (Å²) in [6.45, 7) is 7.38. The standard InChI is InChI=1S/C17H27N7S.HI/c1-3-18-17(19-9-8-16-20-11-13(2)25-16)21-12-15-23-22-14-7-5-4-6-10-24(14)15;/h11H,3-10,12H2,1-2H3,(H2,18,19,21);1H. The second-order valence-electron chi connectivity index (χ2n) is 6.23. The fourth-order valence-corrected chi connectivity index (χ4v) is 3.75. The molecule has 0 saturated carbocycles. The maximum atomic E-state index is 4.69. The lowest BCUT2D eigenvalue weighted by Crippen LogP contribution is -2.38. The highest BCUT2D eigenvalue weighted by molar-refractivity contribution is 14.0. The number of aliphatic imine (C=N–C) groups is 1. The first-order valence-electron chi connectivity index (χ1n) is 9.10. The lowest BCUT2D eigenvalue weighted by molar-refractivity contribution is 0.605. The van der Waals surface area contributed by atoms with Gasteiger partial charge in [0.05, 0.1) is 5.01 Å². The number of hydrogen-bond donors (Lipinski definition) is 2. The van der Waals surface area contributed by atoms with E-state index in [4.69, 9.17) is 0 Å². The van der Waals surface area contributed by atoms with Crippen molar-refractivity contribution in [2.75, 3.05) is 13.1 Å². The Labute approximate surface area is 176 Å². The Kier molecular flexibility index (Phi) is 8.76. The Morgan fingerprint density at radius 3 is 2.92 bits per heavy atom. The number of halogens is 1. The number of nitrogens with one attached hydrogen (secondary N) is 2. The van der Waals surface area contributed by atoms with E-state index in [0.717, 1.165) is 55.1 Å². The van der Waals surface area contributed by atoms with Gasteiger partial charge in [0.25, 0.3) is 0 Å². The summed E-state index contributed by atoms with van der Waals surface area (Å²) in [4.78, 5) is 10.3. The van der Waals surface area contributed by atoms with Gasteiger partial charge >= 0.3 is 0 Å². The number of hydrogen-bond acceptors (Lipinski definition) is 5. The van der Waals surface area contributed by atoms with Gasteiger partial charge in [-0.2, -0.15) is 0 Å². The molecule has 7 nitrogen and oxygen atoms in total. The summed E-state index contributed by atoms with van der Waals surface area (Å²) >= 11 is 1.75. The Bertz CT molecular complexity index is 710. The van der Waals surface area contributed by atoms with Gasteiger partial charge in [-0.3, -0.25) is 0 Å².